The lowest BCUT2D eigenvalue weighted by atomic mass is 10.1. The summed E-state index contributed by atoms with van der Waals surface area (Å²) in [6.45, 7) is 0. The molecule has 0 spiro atoms. The second-order valence-electron chi connectivity index (χ2n) is 4.75. The number of nitro benzene ring substituents is 1. The van der Waals surface area contributed by atoms with Crippen molar-refractivity contribution in [2.45, 2.75) is 5.03 Å². The Morgan fingerprint density at radius 3 is 2.71 bits per heavy atom. The Morgan fingerprint density at radius 2 is 2.04 bits per heavy atom. The molecular formula is C16H11N3O3S2. The van der Waals surface area contributed by atoms with Crippen molar-refractivity contribution in [1.29, 1.82) is 0 Å². The lowest BCUT2D eigenvalue weighted by Crippen LogP contribution is -2.00. The first-order chi connectivity index (χ1) is 11.6. The van der Waals surface area contributed by atoms with Crippen LogP contribution in [0.2, 0.25) is 0 Å². The van der Waals surface area contributed by atoms with E-state index in [0.29, 0.717) is 22.0 Å². The van der Waals surface area contributed by atoms with Crippen LogP contribution in [0.3, 0.4) is 0 Å². The number of Topliss-reactive ketones (excluding diaryl/α,β-unsaturated/α-hetero) is 1. The van der Waals surface area contributed by atoms with Crippen LogP contribution in [0.4, 0.5) is 5.69 Å². The third-order valence-corrected chi connectivity index (χ3v) is 4.97. The van der Waals surface area contributed by atoms with E-state index in [1.165, 1.54) is 35.2 Å². The summed E-state index contributed by atoms with van der Waals surface area (Å²) in [7, 11) is 0. The second kappa shape index (κ2) is 7.33. The van der Waals surface area contributed by atoms with Gasteiger partial charge in [0, 0.05) is 17.7 Å². The fraction of sp³-hybridized carbons (Fsp3) is 0.0625. The summed E-state index contributed by atoms with van der Waals surface area (Å²) >= 11 is 2.73. The molecule has 3 aromatic rings. The standard InChI is InChI=1S/C16H11N3O3S2/c20-14(15-5-2-8-23-15)10-24-16-7-6-13(17-18-16)11-3-1-4-12(9-11)19(21)22/h1-9H,10H2. The Kier molecular flexibility index (Phi) is 4.97. The number of benzene rings is 1. The summed E-state index contributed by atoms with van der Waals surface area (Å²) in [5, 5.41) is 21.5. The highest BCUT2D eigenvalue weighted by atomic mass is 32.2. The average molecular weight is 357 g/mol. The Balaban J connectivity index is 1.68. The number of hydrogen-bond acceptors (Lipinski definition) is 7. The van der Waals surface area contributed by atoms with Gasteiger partial charge in [0.25, 0.3) is 5.69 Å². The normalized spacial score (nSPS) is 10.5. The fourth-order valence-electron chi connectivity index (χ4n) is 1.98. The predicted octanol–water partition coefficient (Wildman–Crippen LogP) is 4.09. The van der Waals surface area contributed by atoms with Gasteiger partial charge in [-0.1, -0.05) is 30.0 Å². The molecule has 0 radical (unpaired) electrons. The van der Waals surface area contributed by atoms with Crippen LogP contribution in [0.5, 0.6) is 0 Å². The molecule has 0 unspecified atom stereocenters. The highest BCUT2D eigenvalue weighted by Crippen LogP contribution is 2.24. The molecule has 6 nitrogen and oxygen atoms in total. The summed E-state index contributed by atoms with van der Waals surface area (Å²) < 4.78 is 0. The molecule has 24 heavy (non-hydrogen) atoms. The number of thioether (sulfide) groups is 1. The zero-order chi connectivity index (χ0) is 16.9. The summed E-state index contributed by atoms with van der Waals surface area (Å²) in [6, 6.07) is 13.4. The number of carbonyl (C=O) groups excluding carboxylic acids is 1. The van der Waals surface area contributed by atoms with Crippen LogP contribution >= 0.6 is 23.1 Å². The lowest BCUT2D eigenvalue weighted by molar-refractivity contribution is -0.384. The molecule has 0 aliphatic rings. The van der Waals surface area contributed by atoms with E-state index in [2.05, 4.69) is 10.2 Å². The third kappa shape index (κ3) is 3.84. The molecule has 0 saturated carbocycles. The van der Waals surface area contributed by atoms with Gasteiger partial charge in [0.05, 0.1) is 21.2 Å². The molecular weight excluding hydrogens is 346 g/mol. The van der Waals surface area contributed by atoms with Crippen LogP contribution in [-0.4, -0.2) is 26.7 Å². The SMILES string of the molecule is O=C(CSc1ccc(-c2cccc([N+](=O)[O-])c2)nn1)c1cccs1. The number of thiophene rings is 1. The summed E-state index contributed by atoms with van der Waals surface area (Å²) in [5.74, 6) is 0.352. The Hall–Kier alpha value is -2.58. The smallest absolute Gasteiger partial charge is 0.270 e. The molecule has 120 valence electrons. The van der Waals surface area contributed by atoms with Crippen LogP contribution in [0.15, 0.2) is 58.9 Å². The van der Waals surface area contributed by atoms with E-state index in [1.54, 1.807) is 30.3 Å². The third-order valence-electron chi connectivity index (χ3n) is 3.14. The van der Waals surface area contributed by atoms with Crippen molar-refractivity contribution in [3.8, 4) is 11.3 Å². The Morgan fingerprint density at radius 1 is 1.17 bits per heavy atom. The average Bonchev–Trinajstić information content (AvgIpc) is 3.15. The highest BCUT2D eigenvalue weighted by molar-refractivity contribution is 7.99. The van der Waals surface area contributed by atoms with Gasteiger partial charge in [-0.2, -0.15) is 0 Å². The molecule has 0 amide bonds. The first-order valence-electron chi connectivity index (χ1n) is 6.91. The number of aromatic nitrogens is 2. The van der Waals surface area contributed by atoms with Gasteiger partial charge >= 0.3 is 0 Å². The Labute approximate surface area is 145 Å². The predicted molar refractivity (Wildman–Crippen MR) is 93.5 cm³/mol. The molecule has 0 bridgehead atoms. The van der Waals surface area contributed by atoms with Crippen LogP contribution in [0, 0.1) is 10.1 Å². The highest BCUT2D eigenvalue weighted by Gasteiger charge is 2.10. The van der Waals surface area contributed by atoms with Crippen molar-refractivity contribution in [1.82, 2.24) is 10.2 Å². The lowest BCUT2D eigenvalue weighted by Gasteiger charge is -2.02. The maximum absolute atomic E-state index is 11.9. The van der Waals surface area contributed by atoms with Crippen LogP contribution in [0.1, 0.15) is 9.67 Å². The number of nitrogens with zero attached hydrogens (tertiary/aromatic N) is 3. The van der Waals surface area contributed by atoms with E-state index in [9.17, 15) is 14.9 Å². The molecule has 2 heterocycles. The van der Waals surface area contributed by atoms with Gasteiger partial charge in [0.1, 0.15) is 5.03 Å². The maximum atomic E-state index is 11.9. The van der Waals surface area contributed by atoms with E-state index in [-0.39, 0.29) is 11.5 Å². The molecule has 0 atom stereocenters. The van der Waals surface area contributed by atoms with Crippen molar-refractivity contribution in [3.05, 3.63) is 68.9 Å². The van der Waals surface area contributed by atoms with Gasteiger partial charge in [0.2, 0.25) is 0 Å². The van der Waals surface area contributed by atoms with Gasteiger partial charge in [-0.25, -0.2) is 0 Å². The summed E-state index contributed by atoms with van der Waals surface area (Å²) in [4.78, 5) is 23.0. The summed E-state index contributed by atoms with van der Waals surface area (Å²) in [5.41, 5.74) is 1.19. The topological polar surface area (TPSA) is 86.0 Å². The van der Waals surface area contributed by atoms with Crippen molar-refractivity contribution in [2.75, 3.05) is 5.75 Å². The number of nitro groups is 1. The molecule has 0 saturated heterocycles. The molecule has 0 fully saturated rings. The zero-order valence-electron chi connectivity index (χ0n) is 12.3. The molecule has 0 aliphatic carbocycles. The van der Waals surface area contributed by atoms with Gasteiger partial charge in [-0.05, 0) is 23.6 Å². The van der Waals surface area contributed by atoms with Gasteiger partial charge in [-0.3, -0.25) is 14.9 Å². The molecule has 3 rings (SSSR count). The number of rotatable bonds is 6. The van der Waals surface area contributed by atoms with E-state index >= 15 is 0 Å². The van der Waals surface area contributed by atoms with E-state index in [1.807, 2.05) is 11.4 Å². The fourth-order valence-corrected chi connectivity index (χ4v) is 3.43. The largest absolute Gasteiger partial charge is 0.292 e. The van der Waals surface area contributed by atoms with Crippen LogP contribution in [-0.2, 0) is 0 Å². The molecule has 1 aromatic carbocycles. The van der Waals surface area contributed by atoms with Gasteiger partial charge in [-0.15, -0.1) is 21.5 Å². The van der Waals surface area contributed by atoms with Gasteiger partial charge < -0.3 is 0 Å². The number of ketones is 1. The van der Waals surface area contributed by atoms with Crippen molar-refractivity contribution in [3.63, 3.8) is 0 Å². The molecule has 2 aromatic heterocycles. The van der Waals surface area contributed by atoms with E-state index < -0.39 is 4.92 Å². The van der Waals surface area contributed by atoms with E-state index in [4.69, 9.17) is 0 Å². The van der Waals surface area contributed by atoms with Crippen LogP contribution in [0.25, 0.3) is 11.3 Å². The molecule has 8 heteroatoms. The Bertz CT molecular complexity index is 865. The molecule has 0 aliphatic heterocycles. The monoisotopic (exact) mass is 357 g/mol. The van der Waals surface area contributed by atoms with E-state index in [0.717, 1.165) is 4.88 Å². The van der Waals surface area contributed by atoms with Crippen molar-refractivity contribution in [2.24, 2.45) is 0 Å². The quantitative estimate of drug-likeness (QED) is 0.286. The molecule has 0 N–H and O–H groups in total. The maximum Gasteiger partial charge on any atom is 0.270 e. The first-order valence-corrected chi connectivity index (χ1v) is 8.78. The first kappa shape index (κ1) is 16.3. The second-order valence-corrected chi connectivity index (χ2v) is 6.70. The minimum absolute atomic E-state index is 0.00861. The number of hydrogen-bond donors (Lipinski definition) is 0. The van der Waals surface area contributed by atoms with Crippen LogP contribution < -0.4 is 0 Å². The summed E-state index contributed by atoms with van der Waals surface area (Å²) in [6.07, 6.45) is 0. The minimum Gasteiger partial charge on any atom is -0.292 e. The zero-order valence-corrected chi connectivity index (χ0v) is 13.9. The van der Waals surface area contributed by atoms with Gasteiger partial charge in [0.15, 0.2) is 5.78 Å². The minimum atomic E-state index is -0.447. The van der Waals surface area contributed by atoms with Crippen molar-refractivity contribution < 1.29 is 9.72 Å². The van der Waals surface area contributed by atoms with Crippen molar-refractivity contribution >= 4 is 34.6 Å². The number of carbonyl (C=O) groups is 1. The number of non-ortho nitro benzene ring substituents is 1.